The second-order valence-electron chi connectivity index (χ2n) is 6.17. The highest BCUT2D eigenvalue weighted by molar-refractivity contribution is 5.40. The fourth-order valence-corrected chi connectivity index (χ4v) is 3.40. The summed E-state index contributed by atoms with van der Waals surface area (Å²) in [5, 5.41) is 3.54. The van der Waals surface area contributed by atoms with Crippen LogP contribution in [0, 0.1) is 0 Å². The van der Waals surface area contributed by atoms with Crippen LogP contribution in [0.5, 0.6) is 0 Å². The summed E-state index contributed by atoms with van der Waals surface area (Å²) in [5.74, 6) is 0.578. The van der Waals surface area contributed by atoms with Gasteiger partial charge < -0.3 is 5.32 Å². The van der Waals surface area contributed by atoms with Crippen LogP contribution < -0.4 is 5.32 Å². The van der Waals surface area contributed by atoms with Gasteiger partial charge in [0.25, 0.3) is 0 Å². The third-order valence-corrected chi connectivity index (χ3v) is 4.60. The van der Waals surface area contributed by atoms with E-state index in [0.29, 0.717) is 25.0 Å². The molecule has 1 fully saturated rings. The van der Waals surface area contributed by atoms with Crippen molar-refractivity contribution in [3.63, 3.8) is 0 Å². The molecule has 1 aliphatic carbocycles. The minimum absolute atomic E-state index is 0.363. The molecule has 1 aliphatic heterocycles. The van der Waals surface area contributed by atoms with Gasteiger partial charge in [-0.1, -0.05) is 24.3 Å². The molecule has 1 saturated heterocycles. The zero-order valence-electron chi connectivity index (χ0n) is 12.0. The van der Waals surface area contributed by atoms with E-state index in [4.69, 9.17) is 0 Å². The molecule has 1 aromatic rings. The average Bonchev–Trinajstić information content (AvgIpc) is 2.40. The van der Waals surface area contributed by atoms with Crippen molar-refractivity contribution in [1.29, 1.82) is 0 Å². The Morgan fingerprint density at radius 3 is 2.52 bits per heavy atom. The minimum Gasteiger partial charge on any atom is -0.313 e. The summed E-state index contributed by atoms with van der Waals surface area (Å²) in [7, 11) is 0. The van der Waals surface area contributed by atoms with Crippen LogP contribution in [-0.4, -0.2) is 43.3 Å². The molecule has 2 nitrogen and oxygen atoms in total. The lowest BCUT2D eigenvalue weighted by Crippen LogP contribution is -2.46. The van der Waals surface area contributed by atoms with E-state index in [2.05, 4.69) is 29.6 Å². The van der Waals surface area contributed by atoms with Crippen molar-refractivity contribution in [1.82, 2.24) is 10.2 Å². The number of nitrogens with zero attached hydrogens (tertiary/aromatic N) is 1. The first-order valence-corrected chi connectivity index (χ1v) is 7.61. The van der Waals surface area contributed by atoms with E-state index in [1.165, 1.54) is 16.0 Å². The van der Waals surface area contributed by atoms with E-state index < -0.39 is 12.7 Å². The molecule has 21 heavy (non-hydrogen) atoms. The van der Waals surface area contributed by atoms with Gasteiger partial charge in [-0.25, -0.2) is 0 Å². The summed E-state index contributed by atoms with van der Waals surface area (Å²) < 4.78 is 37.0. The van der Waals surface area contributed by atoms with Gasteiger partial charge in [0.2, 0.25) is 0 Å². The molecule has 0 spiro atoms. The van der Waals surface area contributed by atoms with Crippen LogP contribution in [0.2, 0.25) is 0 Å². The van der Waals surface area contributed by atoms with Gasteiger partial charge in [-0.15, -0.1) is 0 Å². The number of fused-ring (bicyclic) bond motifs is 1. The SMILES string of the molecule is FC(F)(F)CN1CCC(NCC2Cc3ccccc32)CC1. The molecule has 0 bridgehead atoms. The molecule has 0 saturated carbocycles. The Kier molecular flexibility index (Phi) is 4.22. The minimum atomic E-state index is -4.07. The average molecular weight is 298 g/mol. The number of halogens is 3. The first-order valence-electron chi connectivity index (χ1n) is 7.61. The summed E-state index contributed by atoms with van der Waals surface area (Å²) in [6.07, 6.45) is -1.33. The third-order valence-electron chi connectivity index (χ3n) is 4.60. The second-order valence-corrected chi connectivity index (χ2v) is 6.17. The van der Waals surface area contributed by atoms with Crippen molar-refractivity contribution in [3.8, 4) is 0 Å². The van der Waals surface area contributed by atoms with Gasteiger partial charge in [0.05, 0.1) is 6.54 Å². The van der Waals surface area contributed by atoms with Crippen LogP contribution in [0.1, 0.15) is 29.9 Å². The molecule has 0 radical (unpaired) electrons. The summed E-state index contributed by atoms with van der Waals surface area (Å²) in [6, 6.07) is 8.85. The van der Waals surface area contributed by atoms with Crippen LogP contribution in [0.4, 0.5) is 13.2 Å². The summed E-state index contributed by atoms with van der Waals surface area (Å²) >= 11 is 0. The molecule has 1 unspecified atom stereocenters. The molecule has 1 heterocycles. The maximum Gasteiger partial charge on any atom is 0.401 e. The Labute approximate surface area is 123 Å². The molecule has 0 aromatic heterocycles. The number of alkyl halides is 3. The Balaban J connectivity index is 1.39. The van der Waals surface area contributed by atoms with E-state index >= 15 is 0 Å². The van der Waals surface area contributed by atoms with Gasteiger partial charge >= 0.3 is 6.18 Å². The molecule has 0 amide bonds. The monoisotopic (exact) mass is 298 g/mol. The fourth-order valence-electron chi connectivity index (χ4n) is 3.40. The molecule has 116 valence electrons. The summed E-state index contributed by atoms with van der Waals surface area (Å²) in [6.45, 7) is 1.26. The van der Waals surface area contributed by atoms with E-state index in [1.807, 2.05) is 0 Å². The Morgan fingerprint density at radius 2 is 1.86 bits per heavy atom. The second kappa shape index (κ2) is 5.97. The molecule has 1 atom stereocenters. The van der Waals surface area contributed by atoms with E-state index in [1.54, 1.807) is 0 Å². The van der Waals surface area contributed by atoms with Gasteiger partial charge in [-0.05, 0) is 43.5 Å². The highest BCUT2D eigenvalue weighted by atomic mass is 19.4. The van der Waals surface area contributed by atoms with Gasteiger partial charge in [-0.2, -0.15) is 13.2 Å². The molecule has 5 heteroatoms. The van der Waals surface area contributed by atoms with Crippen molar-refractivity contribution in [2.75, 3.05) is 26.2 Å². The van der Waals surface area contributed by atoms with Crippen LogP contribution in [0.3, 0.4) is 0 Å². The lowest BCUT2D eigenvalue weighted by atomic mass is 9.77. The Bertz CT molecular complexity index is 479. The maximum atomic E-state index is 12.3. The highest BCUT2D eigenvalue weighted by Crippen LogP contribution is 2.34. The topological polar surface area (TPSA) is 15.3 Å². The van der Waals surface area contributed by atoms with Crippen molar-refractivity contribution >= 4 is 0 Å². The van der Waals surface area contributed by atoms with Crippen molar-refractivity contribution in [3.05, 3.63) is 35.4 Å². The number of nitrogens with one attached hydrogen (secondary N) is 1. The zero-order chi connectivity index (χ0) is 14.9. The molecule has 2 aliphatic rings. The molecule has 1 aromatic carbocycles. The van der Waals surface area contributed by atoms with Crippen LogP contribution in [-0.2, 0) is 6.42 Å². The van der Waals surface area contributed by atoms with Crippen molar-refractivity contribution in [2.24, 2.45) is 0 Å². The zero-order valence-corrected chi connectivity index (χ0v) is 12.0. The number of benzene rings is 1. The highest BCUT2D eigenvalue weighted by Gasteiger charge is 2.33. The lowest BCUT2D eigenvalue weighted by molar-refractivity contribution is -0.148. The summed E-state index contributed by atoms with van der Waals surface area (Å²) in [4.78, 5) is 1.51. The van der Waals surface area contributed by atoms with Crippen LogP contribution in [0.15, 0.2) is 24.3 Å². The molecule has 1 N–H and O–H groups in total. The van der Waals surface area contributed by atoms with E-state index in [9.17, 15) is 13.2 Å². The van der Waals surface area contributed by atoms with Crippen molar-refractivity contribution in [2.45, 2.75) is 37.4 Å². The summed E-state index contributed by atoms with van der Waals surface area (Å²) in [5.41, 5.74) is 2.86. The van der Waals surface area contributed by atoms with Gasteiger partial charge in [0, 0.05) is 18.5 Å². The Hall–Kier alpha value is -1.07. The van der Waals surface area contributed by atoms with E-state index in [-0.39, 0.29) is 0 Å². The number of likely N-dealkylation sites (tertiary alicyclic amines) is 1. The van der Waals surface area contributed by atoms with Gasteiger partial charge in [0.1, 0.15) is 0 Å². The predicted molar refractivity (Wildman–Crippen MR) is 76.4 cm³/mol. The van der Waals surface area contributed by atoms with Crippen LogP contribution in [0.25, 0.3) is 0 Å². The Morgan fingerprint density at radius 1 is 1.14 bits per heavy atom. The largest absolute Gasteiger partial charge is 0.401 e. The van der Waals surface area contributed by atoms with Gasteiger partial charge in [0.15, 0.2) is 0 Å². The van der Waals surface area contributed by atoms with Crippen molar-refractivity contribution < 1.29 is 13.2 Å². The normalized spacial score (nSPS) is 23.7. The smallest absolute Gasteiger partial charge is 0.313 e. The quantitative estimate of drug-likeness (QED) is 0.919. The van der Waals surface area contributed by atoms with Gasteiger partial charge in [-0.3, -0.25) is 4.90 Å². The number of hydrogen-bond donors (Lipinski definition) is 1. The number of rotatable bonds is 4. The molecular weight excluding hydrogens is 277 g/mol. The molecular formula is C16H21F3N2. The fraction of sp³-hybridized carbons (Fsp3) is 0.625. The first-order chi connectivity index (χ1) is 10.0. The first kappa shape index (κ1) is 14.9. The maximum absolute atomic E-state index is 12.3. The standard InChI is InChI=1S/C16H21F3N2/c17-16(18,19)11-21-7-5-14(6-8-21)20-10-13-9-12-3-1-2-4-15(12)13/h1-4,13-14,20H,5-11H2. The lowest BCUT2D eigenvalue weighted by Gasteiger charge is -2.35. The predicted octanol–water partition coefficient (Wildman–Crippen LogP) is 2.94. The number of piperidine rings is 1. The molecule has 3 rings (SSSR count). The van der Waals surface area contributed by atoms with Crippen LogP contribution >= 0.6 is 0 Å². The number of hydrogen-bond acceptors (Lipinski definition) is 2. The third kappa shape index (κ3) is 3.77. The van der Waals surface area contributed by atoms with E-state index in [0.717, 1.165) is 25.8 Å².